The number of nitrogens with zero attached hydrogens (tertiary/aromatic N) is 1. The van der Waals surface area contributed by atoms with Gasteiger partial charge in [0.1, 0.15) is 10.8 Å². The summed E-state index contributed by atoms with van der Waals surface area (Å²) in [5.74, 6) is 0.363. The van der Waals surface area contributed by atoms with Gasteiger partial charge >= 0.3 is 0 Å². The minimum Gasteiger partial charge on any atom is -0.389 e. The minimum absolute atomic E-state index is 0.236. The van der Waals surface area contributed by atoms with Crippen LogP contribution in [0.25, 0.3) is 0 Å². The van der Waals surface area contributed by atoms with Crippen molar-refractivity contribution < 1.29 is 4.39 Å². The molecule has 1 heterocycles. The first kappa shape index (κ1) is 14.3. The second kappa shape index (κ2) is 5.08. The molecule has 0 aliphatic carbocycles. The lowest BCUT2D eigenvalue weighted by Crippen LogP contribution is -2.26. The average molecular weight is 280 g/mol. The van der Waals surface area contributed by atoms with Crippen LogP contribution in [0.15, 0.2) is 18.2 Å². The molecule has 1 saturated heterocycles. The molecule has 2 nitrogen and oxygen atoms in total. The molecule has 104 valence electrons. The van der Waals surface area contributed by atoms with Crippen LogP contribution in [0.4, 0.5) is 10.1 Å². The normalized spacial score (nSPS) is 19.8. The molecule has 1 atom stereocenters. The summed E-state index contributed by atoms with van der Waals surface area (Å²) in [6, 6.07) is 5.02. The van der Waals surface area contributed by atoms with Crippen molar-refractivity contribution in [2.24, 2.45) is 17.1 Å². The van der Waals surface area contributed by atoms with Crippen LogP contribution >= 0.6 is 12.2 Å². The molecule has 0 bridgehead atoms. The molecule has 1 aliphatic heterocycles. The van der Waals surface area contributed by atoms with Gasteiger partial charge in [0.15, 0.2) is 0 Å². The molecule has 1 aromatic carbocycles. The Morgan fingerprint density at radius 1 is 1.42 bits per heavy atom. The van der Waals surface area contributed by atoms with Gasteiger partial charge in [-0.2, -0.15) is 0 Å². The summed E-state index contributed by atoms with van der Waals surface area (Å²) < 4.78 is 14.1. The van der Waals surface area contributed by atoms with E-state index < -0.39 is 0 Å². The molecule has 2 N–H and O–H groups in total. The monoisotopic (exact) mass is 280 g/mol. The highest BCUT2D eigenvalue weighted by molar-refractivity contribution is 7.80. The van der Waals surface area contributed by atoms with Gasteiger partial charge in [-0.05, 0) is 36.0 Å². The van der Waals surface area contributed by atoms with E-state index in [0.717, 1.165) is 19.5 Å². The zero-order chi connectivity index (χ0) is 14.2. The molecule has 2 rings (SSSR count). The molecule has 0 amide bonds. The summed E-state index contributed by atoms with van der Waals surface area (Å²) in [6.45, 7) is 8.55. The second-order valence-electron chi connectivity index (χ2n) is 6.33. The fraction of sp³-hybridized carbons (Fsp3) is 0.533. The molecule has 1 fully saturated rings. The largest absolute Gasteiger partial charge is 0.389 e. The average Bonchev–Trinajstić information content (AvgIpc) is 2.77. The number of thiocarbonyl (C=S) groups is 1. The van der Waals surface area contributed by atoms with Crippen LogP contribution in [-0.4, -0.2) is 18.1 Å². The maximum Gasteiger partial charge on any atom is 0.147 e. The number of anilines is 1. The van der Waals surface area contributed by atoms with E-state index in [4.69, 9.17) is 18.0 Å². The summed E-state index contributed by atoms with van der Waals surface area (Å²) in [6.07, 6.45) is 1.11. The molecule has 1 aromatic rings. The van der Waals surface area contributed by atoms with Gasteiger partial charge in [-0.1, -0.05) is 33.0 Å². The Morgan fingerprint density at radius 2 is 2.11 bits per heavy atom. The highest BCUT2D eigenvalue weighted by Gasteiger charge is 2.32. The number of nitrogens with two attached hydrogens (primary N) is 1. The molecular weight excluding hydrogens is 259 g/mol. The fourth-order valence-corrected chi connectivity index (χ4v) is 2.73. The number of halogens is 1. The van der Waals surface area contributed by atoms with Crippen molar-refractivity contribution in [1.29, 1.82) is 0 Å². The molecule has 0 saturated carbocycles. The third-order valence-corrected chi connectivity index (χ3v) is 4.22. The van der Waals surface area contributed by atoms with Gasteiger partial charge in [-0.25, -0.2) is 4.39 Å². The molecule has 19 heavy (non-hydrogen) atoms. The first-order valence-corrected chi connectivity index (χ1v) is 7.04. The maximum absolute atomic E-state index is 14.1. The van der Waals surface area contributed by atoms with Crippen molar-refractivity contribution in [3.05, 3.63) is 29.6 Å². The van der Waals surface area contributed by atoms with Gasteiger partial charge in [-0.3, -0.25) is 0 Å². The number of hydrogen-bond donors (Lipinski definition) is 1. The van der Waals surface area contributed by atoms with Crippen molar-refractivity contribution in [2.45, 2.75) is 27.2 Å². The highest BCUT2D eigenvalue weighted by atomic mass is 32.1. The Hall–Kier alpha value is -1.16. The third-order valence-electron chi connectivity index (χ3n) is 3.99. The first-order chi connectivity index (χ1) is 8.79. The van der Waals surface area contributed by atoms with Crippen molar-refractivity contribution in [2.75, 3.05) is 18.0 Å². The third kappa shape index (κ3) is 3.06. The van der Waals surface area contributed by atoms with Gasteiger partial charge in [0.2, 0.25) is 0 Å². The maximum atomic E-state index is 14.1. The van der Waals surface area contributed by atoms with Gasteiger partial charge < -0.3 is 10.6 Å². The van der Waals surface area contributed by atoms with Crippen molar-refractivity contribution >= 4 is 22.9 Å². The lowest BCUT2D eigenvalue weighted by atomic mass is 9.80. The van der Waals surface area contributed by atoms with Gasteiger partial charge in [0.25, 0.3) is 0 Å². The number of hydrogen-bond acceptors (Lipinski definition) is 2. The Labute approximate surface area is 119 Å². The van der Waals surface area contributed by atoms with Gasteiger partial charge in [0.05, 0.1) is 5.69 Å². The zero-order valence-corrected chi connectivity index (χ0v) is 12.6. The van der Waals surface area contributed by atoms with Crippen LogP contribution in [0.5, 0.6) is 0 Å². The summed E-state index contributed by atoms with van der Waals surface area (Å²) in [5.41, 5.74) is 7.03. The summed E-state index contributed by atoms with van der Waals surface area (Å²) in [4.78, 5) is 2.36. The number of benzene rings is 1. The van der Waals surface area contributed by atoms with E-state index in [-0.39, 0.29) is 16.2 Å². The number of rotatable bonds is 2. The Kier molecular flexibility index (Phi) is 3.81. The predicted molar refractivity (Wildman–Crippen MR) is 82.1 cm³/mol. The zero-order valence-electron chi connectivity index (χ0n) is 11.7. The Morgan fingerprint density at radius 3 is 2.58 bits per heavy atom. The van der Waals surface area contributed by atoms with E-state index in [9.17, 15) is 4.39 Å². The smallest absolute Gasteiger partial charge is 0.147 e. The van der Waals surface area contributed by atoms with Crippen molar-refractivity contribution in [3.63, 3.8) is 0 Å². The molecule has 1 unspecified atom stereocenters. The summed E-state index contributed by atoms with van der Waals surface area (Å²) >= 11 is 4.86. The quantitative estimate of drug-likeness (QED) is 0.843. The van der Waals surface area contributed by atoms with Crippen LogP contribution in [0.1, 0.15) is 32.8 Å². The lowest BCUT2D eigenvalue weighted by molar-refractivity contribution is 0.263. The van der Waals surface area contributed by atoms with Crippen LogP contribution in [0, 0.1) is 17.2 Å². The van der Waals surface area contributed by atoms with Crippen molar-refractivity contribution in [1.82, 2.24) is 0 Å². The van der Waals surface area contributed by atoms with E-state index in [1.807, 2.05) is 0 Å². The van der Waals surface area contributed by atoms with Crippen LogP contribution in [0.2, 0.25) is 0 Å². The SMILES string of the molecule is CC(C)(C)C1CCN(c2ccc(C(N)=S)cc2F)C1. The first-order valence-electron chi connectivity index (χ1n) is 6.63. The van der Waals surface area contributed by atoms with E-state index in [0.29, 0.717) is 17.2 Å². The van der Waals surface area contributed by atoms with Crippen molar-refractivity contribution in [3.8, 4) is 0 Å². The lowest BCUT2D eigenvalue weighted by Gasteiger charge is -2.27. The topological polar surface area (TPSA) is 29.3 Å². The molecule has 0 spiro atoms. The van der Waals surface area contributed by atoms with Crippen LogP contribution in [0.3, 0.4) is 0 Å². The Bertz CT molecular complexity index is 493. The summed E-state index contributed by atoms with van der Waals surface area (Å²) in [5, 5.41) is 0. The molecule has 4 heteroatoms. The standard InChI is InChI=1S/C15H21FN2S/c1-15(2,3)11-6-7-18(9-11)13-5-4-10(14(17)19)8-12(13)16/h4-5,8,11H,6-7,9H2,1-3H3,(H2,17,19). The minimum atomic E-state index is -0.236. The van der Waals surface area contributed by atoms with E-state index in [1.165, 1.54) is 6.07 Å². The highest BCUT2D eigenvalue weighted by Crippen LogP contribution is 2.36. The van der Waals surface area contributed by atoms with Gasteiger partial charge in [0, 0.05) is 18.7 Å². The molecule has 0 aromatic heterocycles. The fourth-order valence-electron chi connectivity index (χ4n) is 2.60. The second-order valence-corrected chi connectivity index (χ2v) is 6.77. The molecular formula is C15H21FN2S. The van der Waals surface area contributed by atoms with Crippen LogP contribution < -0.4 is 10.6 Å². The molecule has 1 aliphatic rings. The predicted octanol–water partition coefficient (Wildman–Crippen LogP) is 3.33. The van der Waals surface area contributed by atoms with E-state index in [2.05, 4.69) is 25.7 Å². The van der Waals surface area contributed by atoms with Gasteiger partial charge in [-0.15, -0.1) is 0 Å². The molecule has 0 radical (unpaired) electrons. The van der Waals surface area contributed by atoms with E-state index in [1.54, 1.807) is 12.1 Å². The Balaban J connectivity index is 2.18. The summed E-state index contributed by atoms with van der Waals surface area (Å²) in [7, 11) is 0. The van der Waals surface area contributed by atoms with Crippen LogP contribution in [-0.2, 0) is 0 Å². The van der Waals surface area contributed by atoms with E-state index >= 15 is 0 Å².